The summed E-state index contributed by atoms with van der Waals surface area (Å²) in [6.45, 7) is 0.874. The van der Waals surface area contributed by atoms with Gasteiger partial charge in [0, 0.05) is 6.54 Å². The summed E-state index contributed by atoms with van der Waals surface area (Å²) in [6, 6.07) is 10.1. The van der Waals surface area contributed by atoms with Crippen LogP contribution in [0.2, 0.25) is 0 Å². The van der Waals surface area contributed by atoms with E-state index in [1.807, 2.05) is 30.3 Å². The molecular weight excluding hydrogens is 270 g/mol. The van der Waals surface area contributed by atoms with Gasteiger partial charge in [0.25, 0.3) is 0 Å². The Kier molecular flexibility index (Phi) is 3.89. The number of hydrogen-bond acceptors (Lipinski definition) is 5. The highest BCUT2D eigenvalue weighted by Crippen LogP contribution is 2.37. The van der Waals surface area contributed by atoms with E-state index >= 15 is 0 Å². The molecule has 1 aromatic carbocycles. The van der Waals surface area contributed by atoms with Crippen LogP contribution in [-0.4, -0.2) is 22.1 Å². The average molecular weight is 289 g/mol. The fourth-order valence-corrected chi connectivity index (χ4v) is 3.52. The van der Waals surface area contributed by atoms with Crippen molar-refractivity contribution in [1.29, 1.82) is 0 Å². The minimum absolute atomic E-state index is 0.123. The zero-order valence-corrected chi connectivity index (χ0v) is 12.1. The zero-order chi connectivity index (χ0) is 13.9. The zero-order valence-electron chi connectivity index (χ0n) is 11.2. The number of aliphatic hydroxyl groups excluding tert-OH is 1. The molecule has 1 aliphatic carbocycles. The van der Waals surface area contributed by atoms with Gasteiger partial charge in [-0.25, -0.2) is 0 Å². The Morgan fingerprint density at radius 1 is 1.30 bits per heavy atom. The topological polar surface area (TPSA) is 71.2 Å². The molecule has 1 aromatic heterocycles. The van der Waals surface area contributed by atoms with Crippen molar-refractivity contribution in [2.24, 2.45) is 5.92 Å². The fraction of sp³-hybridized carbons (Fsp3) is 0.400. The largest absolute Gasteiger partial charge is 0.393 e. The molecule has 20 heavy (non-hydrogen) atoms. The third-order valence-electron chi connectivity index (χ3n) is 3.85. The molecule has 1 aliphatic rings. The van der Waals surface area contributed by atoms with Gasteiger partial charge in [-0.15, -0.1) is 0 Å². The molecule has 1 fully saturated rings. The third-order valence-corrected chi connectivity index (χ3v) is 4.66. The number of nitrogens with one attached hydrogen (secondary N) is 1. The van der Waals surface area contributed by atoms with Crippen LogP contribution in [0.3, 0.4) is 0 Å². The van der Waals surface area contributed by atoms with Gasteiger partial charge in [-0.3, -0.25) is 0 Å². The van der Waals surface area contributed by atoms with E-state index < -0.39 is 0 Å². The number of nitrogen functional groups attached to an aromatic ring is 1. The highest BCUT2D eigenvalue weighted by Gasteiger charge is 2.23. The number of aliphatic hydroxyl groups is 1. The molecular formula is C15H19N3OS. The van der Waals surface area contributed by atoms with Gasteiger partial charge in [0.2, 0.25) is 0 Å². The van der Waals surface area contributed by atoms with Crippen LogP contribution in [0.1, 0.15) is 19.3 Å². The van der Waals surface area contributed by atoms with E-state index in [4.69, 9.17) is 5.73 Å². The van der Waals surface area contributed by atoms with Crippen molar-refractivity contribution in [3.63, 3.8) is 0 Å². The Morgan fingerprint density at radius 2 is 2.10 bits per heavy atom. The van der Waals surface area contributed by atoms with Crippen molar-refractivity contribution in [2.45, 2.75) is 25.4 Å². The summed E-state index contributed by atoms with van der Waals surface area (Å²) >= 11 is 1.41. The lowest BCUT2D eigenvalue weighted by atomic mass is 10.1. The summed E-state index contributed by atoms with van der Waals surface area (Å²) in [6.07, 6.45) is 2.77. The normalized spacial score (nSPS) is 22.1. The van der Waals surface area contributed by atoms with Crippen molar-refractivity contribution >= 4 is 22.4 Å². The minimum atomic E-state index is -0.123. The average Bonchev–Trinajstić information content (AvgIpc) is 3.03. The van der Waals surface area contributed by atoms with Crippen LogP contribution in [0.5, 0.6) is 0 Å². The first kappa shape index (κ1) is 13.4. The molecule has 2 unspecified atom stereocenters. The number of nitrogens with zero attached hydrogens (tertiary/aromatic N) is 1. The summed E-state index contributed by atoms with van der Waals surface area (Å²) in [5, 5.41) is 14.1. The lowest BCUT2D eigenvalue weighted by Gasteiger charge is -2.12. The number of aromatic nitrogens is 1. The third kappa shape index (κ3) is 2.78. The van der Waals surface area contributed by atoms with Crippen molar-refractivity contribution in [1.82, 2.24) is 4.37 Å². The molecule has 3 rings (SSSR count). The second-order valence-corrected chi connectivity index (χ2v) is 6.13. The Labute approximate surface area is 122 Å². The molecule has 4 N–H and O–H groups in total. The molecule has 0 bridgehead atoms. The van der Waals surface area contributed by atoms with Crippen LogP contribution in [0.4, 0.5) is 10.8 Å². The van der Waals surface area contributed by atoms with Crippen molar-refractivity contribution in [3.05, 3.63) is 30.3 Å². The van der Waals surface area contributed by atoms with Crippen molar-refractivity contribution in [2.75, 3.05) is 17.6 Å². The van der Waals surface area contributed by atoms with Crippen LogP contribution < -0.4 is 11.1 Å². The SMILES string of the molecule is Nc1nsc(NCC2CCC(O)C2)c1-c1ccccc1. The molecule has 1 heterocycles. The summed E-state index contributed by atoms with van der Waals surface area (Å²) in [5.41, 5.74) is 8.08. The molecule has 1 saturated carbocycles. The van der Waals surface area contributed by atoms with E-state index in [-0.39, 0.29) is 6.10 Å². The molecule has 0 saturated heterocycles. The second kappa shape index (κ2) is 5.81. The number of nitrogens with two attached hydrogens (primary N) is 1. The van der Waals surface area contributed by atoms with Crippen LogP contribution >= 0.6 is 11.5 Å². The molecule has 0 spiro atoms. The predicted octanol–water partition coefficient (Wildman–Crippen LogP) is 2.97. The summed E-state index contributed by atoms with van der Waals surface area (Å²) in [4.78, 5) is 0. The van der Waals surface area contributed by atoms with Crippen LogP contribution in [-0.2, 0) is 0 Å². The van der Waals surface area contributed by atoms with Gasteiger partial charge in [-0.05, 0) is 42.3 Å². The van der Waals surface area contributed by atoms with E-state index in [1.165, 1.54) is 11.5 Å². The van der Waals surface area contributed by atoms with Crippen LogP contribution in [0.25, 0.3) is 11.1 Å². The maximum atomic E-state index is 9.58. The molecule has 0 amide bonds. The number of anilines is 2. The lowest BCUT2D eigenvalue weighted by molar-refractivity contribution is 0.178. The fourth-order valence-electron chi connectivity index (χ4n) is 2.78. The minimum Gasteiger partial charge on any atom is -0.393 e. The quantitative estimate of drug-likeness (QED) is 0.809. The Bertz CT molecular complexity index is 570. The highest BCUT2D eigenvalue weighted by molar-refractivity contribution is 7.11. The highest BCUT2D eigenvalue weighted by atomic mass is 32.1. The van der Waals surface area contributed by atoms with Gasteiger partial charge in [-0.2, -0.15) is 4.37 Å². The number of benzene rings is 1. The van der Waals surface area contributed by atoms with Crippen LogP contribution in [0, 0.1) is 5.92 Å². The van der Waals surface area contributed by atoms with E-state index in [0.29, 0.717) is 11.7 Å². The van der Waals surface area contributed by atoms with E-state index in [0.717, 1.165) is 41.9 Å². The van der Waals surface area contributed by atoms with Gasteiger partial charge in [0.1, 0.15) is 10.8 Å². The first-order chi connectivity index (χ1) is 9.74. The van der Waals surface area contributed by atoms with Gasteiger partial charge >= 0.3 is 0 Å². The molecule has 106 valence electrons. The Balaban J connectivity index is 1.74. The first-order valence-electron chi connectivity index (χ1n) is 6.96. The monoisotopic (exact) mass is 289 g/mol. The predicted molar refractivity (Wildman–Crippen MR) is 83.8 cm³/mol. The Morgan fingerprint density at radius 3 is 2.80 bits per heavy atom. The smallest absolute Gasteiger partial charge is 0.147 e. The summed E-state index contributed by atoms with van der Waals surface area (Å²) in [7, 11) is 0. The molecule has 0 radical (unpaired) electrons. The van der Waals surface area contributed by atoms with E-state index in [2.05, 4.69) is 9.69 Å². The van der Waals surface area contributed by atoms with Crippen molar-refractivity contribution < 1.29 is 5.11 Å². The second-order valence-electron chi connectivity index (χ2n) is 5.35. The number of rotatable bonds is 4. The van der Waals surface area contributed by atoms with Gasteiger partial charge in [-0.1, -0.05) is 30.3 Å². The Hall–Kier alpha value is -1.59. The summed E-state index contributed by atoms with van der Waals surface area (Å²) in [5.74, 6) is 1.12. The van der Waals surface area contributed by atoms with E-state index in [9.17, 15) is 5.11 Å². The van der Waals surface area contributed by atoms with Gasteiger partial charge < -0.3 is 16.2 Å². The first-order valence-corrected chi connectivity index (χ1v) is 7.74. The molecule has 5 heteroatoms. The maximum absolute atomic E-state index is 9.58. The van der Waals surface area contributed by atoms with Crippen molar-refractivity contribution in [3.8, 4) is 11.1 Å². The molecule has 0 aliphatic heterocycles. The standard InChI is InChI=1S/C15H19N3OS/c16-14-13(11-4-2-1-3-5-11)15(20-18-14)17-9-10-6-7-12(19)8-10/h1-5,10,12,17,19H,6-9H2,(H2,16,18). The molecule has 2 atom stereocenters. The molecule has 4 nitrogen and oxygen atoms in total. The van der Waals surface area contributed by atoms with E-state index in [1.54, 1.807) is 0 Å². The van der Waals surface area contributed by atoms with Gasteiger partial charge in [0.15, 0.2) is 0 Å². The summed E-state index contributed by atoms with van der Waals surface area (Å²) < 4.78 is 4.26. The number of hydrogen-bond donors (Lipinski definition) is 3. The maximum Gasteiger partial charge on any atom is 0.147 e. The van der Waals surface area contributed by atoms with Crippen LogP contribution in [0.15, 0.2) is 30.3 Å². The molecule has 2 aromatic rings. The van der Waals surface area contributed by atoms with Gasteiger partial charge in [0.05, 0.1) is 11.7 Å². The lowest BCUT2D eigenvalue weighted by Crippen LogP contribution is -2.12.